The molecular weight excluding hydrogens is 230 g/mol. The molecule has 0 saturated carbocycles. The molecule has 86 valence electrons. The van der Waals surface area contributed by atoms with Gasteiger partial charge in [-0.2, -0.15) is 0 Å². The van der Waals surface area contributed by atoms with Gasteiger partial charge in [-0.15, -0.1) is 11.3 Å². The van der Waals surface area contributed by atoms with Gasteiger partial charge in [0.2, 0.25) is 0 Å². The Bertz CT molecular complexity index is 653. The Hall–Kier alpha value is -1.68. The summed E-state index contributed by atoms with van der Waals surface area (Å²) in [6.45, 7) is 5.11. The number of hydrogen-bond acceptors (Lipinski definition) is 3. The van der Waals surface area contributed by atoms with Crippen LogP contribution < -0.4 is 0 Å². The second kappa shape index (κ2) is 3.96. The molecule has 0 spiro atoms. The molecule has 3 rings (SSSR count). The lowest BCUT2D eigenvalue weighted by molar-refractivity contribution is 0.835. The SMILES string of the molecule is Cc1cc2ncn(Cc3cncs3)c2cc1C. The van der Waals surface area contributed by atoms with Crippen LogP contribution in [0.2, 0.25) is 0 Å². The predicted molar refractivity (Wildman–Crippen MR) is 70.4 cm³/mol. The van der Waals surface area contributed by atoms with E-state index in [9.17, 15) is 0 Å². The third kappa shape index (κ3) is 1.85. The maximum atomic E-state index is 4.45. The van der Waals surface area contributed by atoms with Gasteiger partial charge in [0.15, 0.2) is 0 Å². The van der Waals surface area contributed by atoms with Gasteiger partial charge >= 0.3 is 0 Å². The Morgan fingerprint density at radius 3 is 2.82 bits per heavy atom. The van der Waals surface area contributed by atoms with Gasteiger partial charge in [-0.05, 0) is 37.1 Å². The van der Waals surface area contributed by atoms with Crippen LogP contribution >= 0.6 is 11.3 Å². The lowest BCUT2D eigenvalue weighted by atomic mass is 10.1. The van der Waals surface area contributed by atoms with E-state index in [0.717, 1.165) is 12.1 Å². The van der Waals surface area contributed by atoms with Crippen molar-refractivity contribution in [1.82, 2.24) is 14.5 Å². The first-order valence-corrected chi connectivity index (χ1v) is 6.41. The van der Waals surface area contributed by atoms with Crippen LogP contribution in [-0.4, -0.2) is 14.5 Å². The average molecular weight is 243 g/mol. The first kappa shape index (κ1) is 10.5. The highest BCUT2D eigenvalue weighted by atomic mass is 32.1. The molecule has 2 aromatic heterocycles. The Kier molecular flexibility index (Phi) is 2.44. The highest BCUT2D eigenvalue weighted by Crippen LogP contribution is 2.20. The molecule has 0 fully saturated rings. The topological polar surface area (TPSA) is 30.7 Å². The van der Waals surface area contributed by atoms with Crippen molar-refractivity contribution < 1.29 is 0 Å². The number of nitrogens with zero attached hydrogens (tertiary/aromatic N) is 3. The fourth-order valence-electron chi connectivity index (χ4n) is 1.93. The lowest BCUT2D eigenvalue weighted by Gasteiger charge is -2.04. The van der Waals surface area contributed by atoms with Gasteiger partial charge in [0, 0.05) is 11.1 Å². The van der Waals surface area contributed by atoms with E-state index in [2.05, 4.69) is 40.5 Å². The zero-order valence-corrected chi connectivity index (χ0v) is 10.7. The van der Waals surface area contributed by atoms with E-state index in [0.29, 0.717) is 0 Å². The monoisotopic (exact) mass is 243 g/mol. The summed E-state index contributed by atoms with van der Waals surface area (Å²) in [6.07, 6.45) is 3.82. The average Bonchev–Trinajstić information content (AvgIpc) is 2.92. The second-order valence-corrected chi connectivity index (χ2v) is 5.24. The molecule has 17 heavy (non-hydrogen) atoms. The molecule has 0 N–H and O–H groups in total. The molecule has 0 bridgehead atoms. The summed E-state index contributed by atoms with van der Waals surface area (Å²) >= 11 is 1.68. The number of fused-ring (bicyclic) bond motifs is 1. The van der Waals surface area contributed by atoms with Gasteiger partial charge in [-0.1, -0.05) is 0 Å². The van der Waals surface area contributed by atoms with Gasteiger partial charge < -0.3 is 4.57 Å². The standard InChI is InChI=1S/C13H13N3S/c1-9-3-12-13(4-10(9)2)16(7-15-12)6-11-5-14-8-17-11/h3-5,7-8H,6H2,1-2H3. The zero-order valence-electron chi connectivity index (χ0n) is 9.84. The van der Waals surface area contributed by atoms with E-state index in [4.69, 9.17) is 0 Å². The molecule has 0 saturated heterocycles. The minimum Gasteiger partial charge on any atom is -0.325 e. The van der Waals surface area contributed by atoms with Gasteiger partial charge in [0.1, 0.15) is 0 Å². The fourth-order valence-corrected chi connectivity index (χ4v) is 2.52. The number of benzene rings is 1. The minimum absolute atomic E-state index is 0.851. The number of aryl methyl sites for hydroxylation is 2. The molecule has 1 aromatic carbocycles. The van der Waals surface area contributed by atoms with Crippen molar-refractivity contribution in [2.75, 3.05) is 0 Å². The summed E-state index contributed by atoms with van der Waals surface area (Å²) in [5, 5.41) is 0. The van der Waals surface area contributed by atoms with Gasteiger partial charge in [-0.25, -0.2) is 4.98 Å². The summed E-state index contributed by atoms with van der Waals surface area (Å²) in [6, 6.07) is 4.35. The quantitative estimate of drug-likeness (QED) is 0.692. The van der Waals surface area contributed by atoms with Gasteiger partial charge in [0.05, 0.1) is 29.4 Å². The van der Waals surface area contributed by atoms with Crippen LogP contribution in [0.1, 0.15) is 16.0 Å². The number of imidazole rings is 1. The maximum Gasteiger partial charge on any atom is 0.0961 e. The van der Waals surface area contributed by atoms with Crippen LogP contribution in [0.3, 0.4) is 0 Å². The number of hydrogen-bond donors (Lipinski definition) is 0. The molecule has 3 nitrogen and oxygen atoms in total. The van der Waals surface area contributed by atoms with E-state index in [1.807, 2.05) is 18.0 Å². The van der Waals surface area contributed by atoms with Gasteiger partial charge in [0.25, 0.3) is 0 Å². The first-order chi connectivity index (χ1) is 8.24. The highest BCUT2D eigenvalue weighted by molar-refractivity contribution is 7.09. The predicted octanol–water partition coefficient (Wildman–Crippen LogP) is 3.16. The summed E-state index contributed by atoms with van der Waals surface area (Å²) < 4.78 is 2.18. The Balaban J connectivity index is 2.08. The molecule has 4 heteroatoms. The third-order valence-corrected chi connectivity index (χ3v) is 3.81. The fraction of sp³-hybridized carbons (Fsp3) is 0.231. The van der Waals surface area contributed by atoms with Crippen LogP contribution in [0, 0.1) is 13.8 Å². The van der Waals surface area contributed by atoms with Crippen molar-refractivity contribution in [2.45, 2.75) is 20.4 Å². The number of thiazole rings is 1. The Morgan fingerprint density at radius 1 is 1.24 bits per heavy atom. The lowest BCUT2D eigenvalue weighted by Crippen LogP contribution is -1.96. The van der Waals surface area contributed by atoms with Crippen molar-refractivity contribution >= 4 is 22.4 Å². The molecule has 2 heterocycles. The third-order valence-electron chi connectivity index (χ3n) is 3.05. The summed E-state index contributed by atoms with van der Waals surface area (Å²) in [5.41, 5.74) is 6.73. The Morgan fingerprint density at radius 2 is 2.06 bits per heavy atom. The Labute approximate surface area is 104 Å². The van der Waals surface area contributed by atoms with Crippen molar-refractivity contribution in [3.05, 3.63) is 46.2 Å². The van der Waals surface area contributed by atoms with Crippen LogP contribution in [0.15, 0.2) is 30.2 Å². The highest BCUT2D eigenvalue weighted by Gasteiger charge is 2.06. The second-order valence-electron chi connectivity index (χ2n) is 4.27. The molecular formula is C13H13N3S. The van der Waals surface area contributed by atoms with Crippen LogP contribution in [0.25, 0.3) is 11.0 Å². The van der Waals surface area contributed by atoms with Crippen molar-refractivity contribution in [1.29, 1.82) is 0 Å². The number of aromatic nitrogens is 3. The molecule has 0 unspecified atom stereocenters. The molecule has 0 amide bonds. The molecule has 0 atom stereocenters. The summed E-state index contributed by atoms with van der Waals surface area (Å²) in [4.78, 5) is 9.80. The van der Waals surface area contributed by atoms with Crippen molar-refractivity contribution in [2.24, 2.45) is 0 Å². The van der Waals surface area contributed by atoms with E-state index in [-0.39, 0.29) is 0 Å². The van der Waals surface area contributed by atoms with E-state index < -0.39 is 0 Å². The normalized spacial score (nSPS) is 11.2. The first-order valence-electron chi connectivity index (χ1n) is 5.53. The molecule has 0 aliphatic rings. The van der Waals surface area contributed by atoms with Crippen molar-refractivity contribution in [3.8, 4) is 0 Å². The molecule has 0 radical (unpaired) electrons. The smallest absolute Gasteiger partial charge is 0.0961 e. The summed E-state index contributed by atoms with van der Waals surface area (Å²) in [7, 11) is 0. The molecule has 0 aliphatic heterocycles. The van der Waals surface area contributed by atoms with Crippen LogP contribution in [0.4, 0.5) is 0 Å². The van der Waals surface area contributed by atoms with Gasteiger partial charge in [-0.3, -0.25) is 4.98 Å². The van der Waals surface area contributed by atoms with Crippen LogP contribution in [0.5, 0.6) is 0 Å². The maximum absolute atomic E-state index is 4.45. The molecule has 3 aromatic rings. The minimum atomic E-state index is 0.851. The largest absolute Gasteiger partial charge is 0.325 e. The van der Waals surface area contributed by atoms with E-state index in [1.165, 1.54) is 21.5 Å². The summed E-state index contributed by atoms with van der Waals surface area (Å²) in [5.74, 6) is 0. The number of rotatable bonds is 2. The van der Waals surface area contributed by atoms with Crippen LogP contribution in [-0.2, 0) is 6.54 Å². The van der Waals surface area contributed by atoms with E-state index >= 15 is 0 Å². The van der Waals surface area contributed by atoms with Crippen molar-refractivity contribution in [3.63, 3.8) is 0 Å². The molecule has 0 aliphatic carbocycles. The van der Waals surface area contributed by atoms with E-state index in [1.54, 1.807) is 11.3 Å². The zero-order chi connectivity index (χ0) is 11.8.